The first kappa shape index (κ1) is 16.7. The van der Waals surface area contributed by atoms with Crippen molar-refractivity contribution in [3.05, 3.63) is 88.4 Å². The number of amides is 1. The maximum Gasteiger partial charge on any atom is 0.255 e. The molecule has 0 aliphatic rings. The monoisotopic (exact) mass is 399 g/mol. The maximum absolute atomic E-state index is 12.3. The first-order chi connectivity index (χ1) is 11.6. The Balaban J connectivity index is 1.72. The Bertz CT molecular complexity index is 823. The second-order valence-electron chi connectivity index (χ2n) is 5.09. The second-order valence-corrected chi connectivity index (χ2v) is 6.52. The minimum atomic E-state index is -0.227. The lowest BCUT2D eigenvalue weighted by Crippen LogP contribution is -2.12. The zero-order valence-corrected chi connectivity index (χ0v) is 15.0. The van der Waals surface area contributed by atoms with Gasteiger partial charge in [0.15, 0.2) is 0 Å². The van der Waals surface area contributed by atoms with E-state index in [1.165, 1.54) is 0 Å². The van der Waals surface area contributed by atoms with Crippen LogP contribution < -0.4 is 5.32 Å². The van der Waals surface area contributed by atoms with E-state index in [0.717, 1.165) is 15.7 Å². The van der Waals surface area contributed by atoms with Crippen LogP contribution in [-0.2, 0) is 0 Å². The topological polar surface area (TPSA) is 54.9 Å². The molecule has 1 heterocycles. The van der Waals surface area contributed by atoms with E-state index >= 15 is 0 Å². The quantitative estimate of drug-likeness (QED) is 0.634. The SMILES string of the molecule is O=C(Nc1ccc(Br)cc1)c1ccc(C(S)c2ncccn2)cc1. The Labute approximate surface area is 153 Å². The second kappa shape index (κ2) is 7.59. The summed E-state index contributed by atoms with van der Waals surface area (Å²) in [6.45, 7) is 0. The molecular weight excluding hydrogens is 386 g/mol. The van der Waals surface area contributed by atoms with Gasteiger partial charge in [0.25, 0.3) is 5.91 Å². The van der Waals surface area contributed by atoms with Crippen LogP contribution in [0.25, 0.3) is 0 Å². The summed E-state index contributed by atoms with van der Waals surface area (Å²) in [4.78, 5) is 20.7. The predicted molar refractivity (Wildman–Crippen MR) is 101 cm³/mol. The number of nitrogens with zero attached hydrogens (tertiary/aromatic N) is 2. The van der Waals surface area contributed by atoms with Gasteiger partial charge in [-0.2, -0.15) is 12.6 Å². The summed E-state index contributed by atoms with van der Waals surface area (Å²) in [5.41, 5.74) is 2.26. The van der Waals surface area contributed by atoms with Gasteiger partial charge in [-0.25, -0.2) is 9.97 Å². The maximum atomic E-state index is 12.3. The van der Waals surface area contributed by atoms with E-state index in [9.17, 15) is 4.79 Å². The van der Waals surface area contributed by atoms with Gasteiger partial charge in [0.1, 0.15) is 5.82 Å². The lowest BCUT2D eigenvalue weighted by Gasteiger charge is -2.10. The number of carbonyl (C=O) groups excluding carboxylic acids is 1. The third kappa shape index (κ3) is 4.01. The van der Waals surface area contributed by atoms with E-state index in [1.807, 2.05) is 36.4 Å². The largest absolute Gasteiger partial charge is 0.322 e. The third-order valence-electron chi connectivity index (χ3n) is 3.42. The number of hydrogen-bond donors (Lipinski definition) is 2. The fourth-order valence-electron chi connectivity index (χ4n) is 2.15. The molecule has 4 nitrogen and oxygen atoms in total. The molecule has 24 heavy (non-hydrogen) atoms. The molecule has 1 atom stereocenters. The molecule has 1 unspecified atom stereocenters. The van der Waals surface area contributed by atoms with Crippen LogP contribution in [0.5, 0.6) is 0 Å². The number of aromatic nitrogens is 2. The number of nitrogens with one attached hydrogen (secondary N) is 1. The summed E-state index contributed by atoms with van der Waals surface area (Å²) >= 11 is 7.92. The van der Waals surface area contributed by atoms with Crippen molar-refractivity contribution in [1.82, 2.24) is 9.97 Å². The summed E-state index contributed by atoms with van der Waals surface area (Å²) in [6, 6.07) is 16.5. The van der Waals surface area contributed by atoms with Gasteiger partial charge in [-0.15, -0.1) is 0 Å². The number of benzene rings is 2. The number of carbonyl (C=O) groups is 1. The normalized spacial score (nSPS) is 11.8. The summed E-state index contributed by atoms with van der Waals surface area (Å²) in [7, 11) is 0. The Hall–Kier alpha value is -2.18. The molecule has 1 amide bonds. The van der Waals surface area contributed by atoms with Crippen LogP contribution in [0.4, 0.5) is 5.69 Å². The van der Waals surface area contributed by atoms with E-state index in [0.29, 0.717) is 11.4 Å². The van der Waals surface area contributed by atoms with Crippen LogP contribution in [-0.4, -0.2) is 15.9 Å². The molecule has 3 aromatic rings. The van der Waals surface area contributed by atoms with Crippen LogP contribution >= 0.6 is 28.6 Å². The molecule has 0 aliphatic heterocycles. The standard InChI is InChI=1S/C18H14BrN3OS/c19-14-6-8-15(9-7-14)22-18(23)13-4-2-12(3-5-13)16(24)17-20-10-1-11-21-17/h1-11,16,24H,(H,22,23). The first-order valence-electron chi connectivity index (χ1n) is 7.25. The van der Waals surface area contributed by atoms with Crippen LogP contribution in [0.1, 0.15) is 27.0 Å². The lowest BCUT2D eigenvalue weighted by molar-refractivity contribution is 0.102. The molecule has 0 saturated heterocycles. The van der Waals surface area contributed by atoms with Crippen LogP contribution in [0, 0.1) is 0 Å². The summed E-state index contributed by atoms with van der Waals surface area (Å²) in [5, 5.41) is 2.64. The highest BCUT2D eigenvalue weighted by atomic mass is 79.9. The van der Waals surface area contributed by atoms with E-state index in [2.05, 4.69) is 43.8 Å². The zero-order valence-electron chi connectivity index (χ0n) is 12.6. The van der Waals surface area contributed by atoms with Crippen molar-refractivity contribution < 1.29 is 4.79 Å². The highest BCUT2D eigenvalue weighted by Crippen LogP contribution is 2.25. The summed E-state index contributed by atoms with van der Waals surface area (Å²) < 4.78 is 0.966. The first-order valence-corrected chi connectivity index (χ1v) is 8.56. The fraction of sp³-hybridized carbons (Fsp3) is 0.0556. The highest BCUT2D eigenvalue weighted by Gasteiger charge is 2.13. The van der Waals surface area contributed by atoms with Gasteiger partial charge in [0.2, 0.25) is 0 Å². The van der Waals surface area contributed by atoms with Crippen molar-refractivity contribution >= 4 is 40.2 Å². The van der Waals surface area contributed by atoms with Gasteiger partial charge in [-0.3, -0.25) is 4.79 Å². The number of anilines is 1. The Morgan fingerprint density at radius 3 is 2.25 bits per heavy atom. The molecule has 0 radical (unpaired) electrons. The molecule has 0 spiro atoms. The van der Waals surface area contributed by atoms with E-state index in [1.54, 1.807) is 30.6 Å². The van der Waals surface area contributed by atoms with Gasteiger partial charge >= 0.3 is 0 Å². The van der Waals surface area contributed by atoms with Gasteiger partial charge in [0.05, 0.1) is 5.25 Å². The van der Waals surface area contributed by atoms with Gasteiger partial charge in [-0.05, 0) is 48.0 Å². The molecule has 3 rings (SSSR count). The molecule has 0 aliphatic carbocycles. The molecule has 1 aromatic heterocycles. The predicted octanol–water partition coefficient (Wildman–Crippen LogP) is 4.51. The molecule has 120 valence electrons. The average Bonchev–Trinajstić information content (AvgIpc) is 2.64. The van der Waals surface area contributed by atoms with Crippen molar-refractivity contribution in [2.24, 2.45) is 0 Å². The molecule has 1 N–H and O–H groups in total. The molecule has 0 fully saturated rings. The van der Waals surface area contributed by atoms with Crippen molar-refractivity contribution in [1.29, 1.82) is 0 Å². The van der Waals surface area contributed by atoms with Crippen molar-refractivity contribution in [3.63, 3.8) is 0 Å². The lowest BCUT2D eigenvalue weighted by atomic mass is 10.1. The minimum Gasteiger partial charge on any atom is -0.322 e. The van der Waals surface area contributed by atoms with Crippen LogP contribution in [0.15, 0.2) is 71.5 Å². The average molecular weight is 400 g/mol. The Morgan fingerprint density at radius 2 is 1.62 bits per heavy atom. The smallest absolute Gasteiger partial charge is 0.255 e. The zero-order chi connectivity index (χ0) is 16.9. The van der Waals surface area contributed by atoms with Crippen molar-refractivity contribution in [2.75, 3.05) is 5.32 Å². The van der Waals surface area contributed by atoms with Gasteiger partial charge in [0, 0.05) is 28.1 Å². The van der Waals surface area contributed by atoms with Crippen molar-refractivity contribution in [3.8, 4) is 0 Å². The summed E-state index contributed by atoms with van der Waals surface area (Å²) in [6.07, 6.45) is 3.37. The molecule has 2 aromatic carbocycles. The number of hydrogen-bond acceptors (Lipinski definition) is 4. The van der Waals surface area contributed by atoms with Crippen LogP contribution in [0.2, 0.25) is 0 Å². The number of rotatable bonds is 4. The van der Waals surface area contributed by atoms with E-state index in [4.69, 9.17) is 0 Å². The fourth-order valence-corrected chi connectivity index (χ4v) is 2.72. The van der Waals surface area contributed by atoms with Gasteiger partial charge in [-0.1, -0.05) is 28.1 Å². The molecule has 0 bridgehead atoms. The van der Waals surface area contributed by atoms with Crippen LogP contribution in [0.3, 0.4) is 0 Å². The van der Waals surface area contributed by atoms with E-state index in [-0.39, 0.29) is 11.2 Å². The molecule has 0 saturated carbocycles. The molecule has 6 heteroatoms. The summed E-state index contributed by atoms with van der Waals surface area (Å²) in [5.74, 6) is 0.475. The number of halogens is 1. The van der Waals surface area contributed by atoms with Gasteiger partial charge < -0.3 is 5.32 Å². The number of thiol groups is 1. The van der Waals surface area contributed by atoms with Crippen molar-refractivity contribution in [2.45, 2.75) is 5.25 Å². The van der Waals surface area contributed by atoms with E-state index < -0.39 is 0 Å². The molecular formula is C18H14BrN3OS. The third-order valence-corrected chi connectivity index (χ3v) is 4.48. The minimum absolute atomic E-state index is 0.157. The Kier molecular flexibility index (Phi) is 5.27. The Morgan fingerprint density at radius 1 is 1.00 bits per heavy atom. The highest BCUT2D eigenvalue weighted by molar-refractivity contribution is 9.10.